The van der Waals surface area contributed by atoms with Gasteiger partial charge in [0.15, 0.2) is 0 Å². The second kappa shape index (κ2) is 3.53. The van der Waals surface area contributed by atoms with Crippen molar-refractivity contribution in [2.45, 2.75) is 31.7 Å². The standard InChI is InChI=1S/C11H14N2O2/c1-2-11(4-5-11)13-9-7-8(10(14)15)3-6-12-9/h3,6-7H,2,4-5H2,1H3,(H,12,13)(H,14,15). The van der Waals surface area contributed by atoms with Gasteiger partial charge in [-0.1, -0.05) is 6.92 Å². The molecule has 2 rings (SSSR count). The van der Waals surface area contributed by atoms with Gasteiger partial charge in [0.2, 0.25) is 0 Å². The van der Waals surface area contributed by atoms with Crippen LogP contribution in [0.3, 0.4) is 0 Å². The van der Waals surface area contributed by atoms with Gasteiger partial charge in [0, 0.05) is 11.7 Å². The first-order chi connectivity index (χ1) is 7.15. The largest absolute Gasteiger partial charge is 0.478 e. The number of hydrogen-bond donors (Lipinski definition) is 2. The normalized spacial score (nSPS) is 17.1. The van der Waals surface area contributed by atoms with Gasteiger partial charge in [0.25, 0.3) is 0 Å². The van der Waals surface area contributed by atoms with E-state index < -0.39 is 5.97 Å². The number of aromatic carboxylic acids is 1. The molecule has 15 heavy (non-hydrogen) atoms. The fourth-order valence-corrected chi connectivity index (χ4v) is 1.62. The van der Waals surface area contributed by atoms with E-state index >= 15 is 0 Å². The zero-order valence-corrected chi connectivity index (χ0v) is 8.66. The maximum atomic E-state index is 10.7. The molecule has 4 nitrogen and oxygen atoms in total. The van der Waals surface area contributed by atoms with Crippen LogP contribution in [-0.2, 0) is 0 Å². The number of carbonyl (C=O) groups is 1. The van der Waals surface area contributed by atoms with Crippen LogP contribution in [0.2, 0.25) is 0 Å². The average Bonchev–Trinajstić information content (AvgIpc) is 2.99. The molecule has 0 aliphatic heterocycles. The SMILES string of the molecule is CCC1(Nc2cc(C(=O)O)ccn2)CC1. The fraction of sp³-hybridized carbons (Fsp3) is 0.455. The zero-order valence-electron chi connectivity index (χ0n) is 8.66. The van der Waals surface area contributed by atoms with E-state index in [-0.39, 0.29) is 11.1 Å². The summed E-state index contributed by atoms with van der Waals surface area (Å²) in [5.41, 5.74) is 0.448. The average molecular weight is 206 g/mol. The molecule has 80 valence electrons. The summed E-state index contributed by atoms with van der Waals surface area (Å²) >= 11 is 0. The van der Waals surface area contributed by atoms with Gasteiger partial charge in [-0.25, -0.2) is 9.78 Å². The van der Waals surface area contributed by atoms with Crippen LogP contribution in [0.4, 0.5) is 5.82 Å². The number of aromatic nitrogens is 1. The van der Waals surface area contributed by atoms with Gasteiger partial charge in [0.1, 0.15) is 5.82 Å². The van der Waals surface area contributed by atoms with E-state index in [0.717, 1.165) is 19.3 Å². The number of anilines is 1. The zero-order chi connectivity index (χ0) is 10.9. The first-order valence-electron chi connectivity index (χ1n) is 5.13. The van der Waals surface area contributed by atoms with E-state index in [1.54, 1.807) is 6.07 Å². The topological polar surface area (TPSA) is 62.2 Å². The molecule has 1 aliphatic carbocycles. The maximum Gasteiger partial charge on any atom is 0.335 e. The Labute approximate surface area is 88.3 Å². The van der Waals surface area contributed by atoms with E-state index in [1.165, 1.54) is 12.3 Å². The van der Waals surface area contributed by atoms with Crippen molar-refractivity contribution in [1.29, 1.82) is 0 Å². The van der Waals surface area contributed by atoms with Crippen molar-refractivity contribution < 1.29 is 9.90 Å². The lowest BCUT2D eigenvalue weighted by Gasteiger charge is -2.15. The van der Waals surface area contributed by atoms with Gasteiger partial charge >= 0.3 is 5.97 Å². The van der Waals surface area contributed by atoms with Crippen LogP contribution >= 0.6 is 0 Å². The fourth-order valence-electron chi connectivity index (χ4n) is 1.62. The predicted octanol–water partition coefficient (Wildman–Crippen LogP) is 2.13. The smallest absolute Gasteiger partial charge is 0.335 e. The summed E-state index contributed by atoms with van der Waals surface area (Å²) < 4.78 is 0. The highest BCUT2D eigenvalue weighted by atomic mass is 16.4. The van der Waals surface area contributed by atoms with Gasteiger partial charge in [-0.15, -0.1) is 0 Å². The lowest BCUT2D eigenvalue weighted by Crippen LogP contribution is -2.20. The number of nitrogens with zero attached hydrogens (tertiary/aromatic N) is 1. The molecule has 1 aliphatic rings. The lowest BCUT2D eigenvalue weighted by atomic mass is 10.2. The number of rotatable bonds is 4. The summed E-state index contributed by atoms with van der Waals surface area (Å²) in [4.78, 5) is 14.9. The molecule has 0 radical (unpaired) electrons. The summed E-state index contributed by atoms with van der Waals surface area (Å²) in [7, 11) is 0. The van der Waals surface area contributed by atoms with Crippen LogP contribution in [0, 0.1) is 0 Å². The molecule has 0 aromatic carbocycles. The molecule has 0 amide bonds. The molecule has 1 aromatic rings. The second-order valence-corrected chi connectivity index (χ2v) is 3.99. The molecule has 1 aromatic heterocycles. The first kappa shape index (κ1) is 9.96. The Morgan fingerprint density at radius 2 is 2.40 bits per heavy atom. The third-order valence-electron chi connectivity index (χ3n) is 2.93. The van der Waals surface area contributed by atoms with Crippen molar-refractivity contribution in [2.24, 2.45) is 0 Å². The molecule has 0 bridgehead atoms. The molecule has 1 saturated carbocycles. The van der Waals surface area contributed by atoms with Crippen molar-refractivity contribution in [2.75, 3.05) is 5.32 Å². The van der Waals surface area contributed by atoms with Crippen LogP contribution in [0.1, 0.15) is 36.5 Å². The van der Waals surface area contributed by atoms with Gasteiger partial charge in [-0.2, -0.15) is 0 Å². The van der Waals surface area contributed by atoms with Gasteiger partial charge in [-0.05, 0) is 31.4 Å². The molecule has 1 fully saturated rings. The molecule has 0 spiro atoms. The Hall–Kier alpha value is -1.58. The van der Waals surface area contributed by atoms with Crippen LogP contribution in [0.25, 0.3) is 0 Å². The molecule has 0 unspecified atom stereocenters. The summed E-state index contributed by atoms with van der Waals surface area (Å²) in [5.74, 6) is -0.254. The number of nitrogens with one attached hydrogen (secondary N) is 1. The Morgan fingerprint density at radius 3 is 2.93 bits per heavy atom. The summed E-state index contributed by atoms with van der Waals surface area (Å²) in [5, 5.41) is 12.1. The monoisotopic (exact) mass is 206 g/mol. The molecular formula is C11H14N2O2. The van der Waals surface area contributed by atoms with E-state index in [0.29, 0.717) is 5.82 Å². The molecule has 0 saturated heterocycles. The van der Waals surface area contributed by atoms with Crippen molar-refractivity contribution in [3.63, 3.8) is 0 Å². The Balaban J connectivity index is 2.15. The summed E-state index contributed by atoms with van der Waals surface area (Å²) in [6.45, 7) is 2.13. The lowest BCUT2D eigenvalue weighted by molar-refractivity contribution is 0.0697. The maximum absolute atomic E-state index is 10.7. The predicted molar refractivity (Wildman–Crippen MR) is 57.1 cm³/mol. The number of hydrogen-bond acceptors (Lipinski definition) is 3. The molecule has 2 N–H and O–H groups in total. The van der Waals surface area contributed by atoms with Crippen molar-refractivity contribution in [3.05, 3.63) is 23.9 Å². The van der Waals surface area contributed by atoms with Gasteiger partial charge in [-0.3, -0.25) is 0 Å². The Bertz CT molecular complexity index is 386. The van der Waals surface area contributed by atoms with Crippen LogP contribution < -0.4 is 5.32 Å². The minimum atomic E-state index is -0.915. The minimum absolute atomic E-state index is 0.171. The quantitative estimate of drug-likeness (QED) is 0.792. The van der Waals surface area contributed by atoms with Crippen molar-refractivity contribution >= 4 is 11.8 Å². The van der Waals surface area contributed by atoms with Crippen LogP contribution in [0.5, 0.6) is 0 Å². The van der Waals surface area contributed by atoms with Crippen LogP contribution in [0.15, 0.2) is 18.3 Å². The number of carboxylic acid groups (broad SMARTS) is 1. The van der Waals surface area contributed by atoms with E-state index in [1.807, 2.05) is 0 Å². The Morgan fingerprint density at radius 1 is 1.67 bits per heavy atom. The highest BCUT2D eigenvalue weighted by Gasteiger charge is 2.40. The van der Waals surface area contributed by atoms with Crippen LogP contribution in [-0.4, -0.2) is 21.6 Å². The first-order valence-corrected chi connectivity index (χ1v) is 5.13. The number of carboxylic acids is 1. The van der Waals surface area contributed by atoms with Crippen molar-refractivity contribution in [1.82, 2.24) is 4.98 Å². The third kappa shape index (κ3) is 2.09. The van der Waals surface area contributed by atoms with E-state index in [2.05, 4.69) is 17.2 Å². The highest BCUT2D eigenvalue weighted by molar-refractivity contribution is 5.88. The number of pyridine rings is 1. The summed E-state index contributed by atoms with van der Waals surface area (Å²) in [6.07, 6.45) is 4.86. The Kier molecular flexibility index (Phi) is 2.34. The van der Waals surface area contributed by atoms with Gasteiger partial charge < -0.3 is 10.4 Å². The van der Waals surface area contributed by atoms with Gasteiger partial charge in [0.05, 0.1) is 5.56 Å². The minimum Gasteiger partial charge on any atom is -0.478 e. The second-order valence-electron chi connectivity index (χ2n) is 3.99. The third-order valence-corrected chi connectivity index (χ3v) is 2.93. The molecule has 0 atom stereocenters. The molecule has 4 heteroatoms. The highest BCUT2D eigenvalue weighted by Crippen LogP contribution is 2.41. The van der Waals surface area contributed by atoms with Crippen molar-refractivity contribution in [3.8, 4) is 0 Å². The molecular weight excluding hydrogens is 192 g/mol. The van der Waals surface area contributed by atoms with E-state index in [4.69, 9.17) is 5.11 Å². The molecule has 1 heterocycles. The van der Waals surface area contributed by atoms with E-state index in [9.17, 15) is 4.79 Å². The summed E-state index contributed by atoms with van der Waals surface area (Å²) in [6, 6.07) is 3.08.